The first kappa shape index (κ1) is 23.3. The Morgan fingerprint density at radius 1 is 1.06 bits per heavy atom. The number of carbonyl (C=O) groups excluding carboxylic acids is 2. The van der Waals surface area contributed by atoms with Crippen molar-refractivity contribution in [2.75, 3.05) is 0 Å². The number of aliphatic hydroxyl groups excluding tert-OH is 1. The minimum absolute atomic E-state index is 0.00931. The summed E-state index contributed by atoms with van der Waals surface area (Å²) in [5.41, 5.74) is 2.67. The molecule has 0 aliphatic heterocycles. The second-order valence-corrected chi connectivity index (χ2v) is 12.2. The SMILES string of the molecule is O=C1CC[C@H](C[C@@H](C(=O)Cc2cnc(CO)cn2)c2ccc(S(=O)(=O)C3CC3)c(C3CC3)c2)C1. The highest BCUT2D eigenvalue weighted by atomic mass is 32.2. The molecule has 1 aromatic carbocycles. The van der Waals surface area contributed by atoms with Gasteiger partial charge in [0.05, 0.1) is 40.8 Å². The van der Waals surface area contributed by atoms with Crippen molar-refractivity contribution in [2.24, 2.45) is 5.92 Å². The molecular weight excluding hydrogens is 452 g/mol. The van der Waals surface area contributed by atoms with Crippen LogP contribution in [0.2, 0.25) is 0 Å². The molecule has 3 aliphatic carbocycles. The molecule has 1 N–H and O–H groups in total. The summed E-state index contributed by atoms with van der Waals surface area (Å²) < 4.78 is 26.1. The third-order valence-corrected chi connectivity index (χ3v) is 9.64. The normalized spacial score (nSPS) is 21.6. The first-order valence-corrected chi connectivity index (χ1v) is 13.7. The Morgan fingerprint density at radius 2 is 1.79 bits per heavy atom. The third-order valence-electron chi connectivity index (χ3n) is 7.30. The van der Waals surface area contributed by atoms with Crippen molar-refractivity contribution in [3.05, 3.63) is 53.1 Å². The second kappa shape index (κ2) is 9.30. The number of rotatable bonds is 10. The van der Waals surface area contributed by atoms with E-state index in [1.807, 2.05) is 6.07 Å². The Morgan fingerprint density at radius 3 is 2.38 bits per heavy atom. The molecule has 1 aromatic heterocycles. The van der Waals surface area contributed by atoms with Crippen LogP contribution in [0, 0.1) is 5.92 Å². The van der Waals surface area contributed by atoms with Gasteiger partial charge in [0, 0.05) is 25.0 Å². The Balaban J connectivity index is 1.45. The predicted octanol–water partition coefficient (Wildman–Crippen LogP) is 3.44. The molecule has 34 heavy (non-hydrogen) atoms. The molecule has 0 bridgehead atoms. The molecule has 0 amide bonds. The second-order valence-electron chi connectivity index (χ2n) is 10.1. The summed E-state index contributed by atoms with van der Waals surface area (Å²) in [6.07, 6.45) is 8.90. The number of carbonyl (C=O) groups is 2. The van der Waals surface area contributed by atoms with Crippen LogP contribution >= 0.6 is 0 Å². The molecule has 0 radical (unpaired) electrons. The molecule has 5 rings (SSSR count). The molecule has 0 spiro atoms. The molecule has 2 atom stereocenters. The van der Waals surface area contributed by atoms with Crippen LogP contribution in [0.3, 0.4) is 0 Å². The first-order valence-electron chi connectivity index (χ1n) is 12.2. The van der Waals surface area contributed by atoms with Crippen molar-refractivity contribution in [1.29, 1.82) is 0 Å². The number of nitrogens with zero attached hydrogens (tertiary/aromatic N) is 2. The van der Waals surface area contributed by atoms with Gasteiger partial charge in [-0.3, -0.25) is 19.6 Å². The average Bonchev–Trinajstić information content (AvgIpc) is 3.75. The van der Waals surface area contributed by atoms with Crippen LogP contribution in [-0.4, -0.2) is 40.3 Å². The van der Waals surface area contributed by atoms with E-state index >= 15 is 0 Å². The fraction of sp³-hybridized carbons (Fsp3) is 0.538. The largest absolute Gasteiger partial charge is 0.390 e. The van der Waals surface area contributed by atoms with E-state index in [1.54, 1.807) is 12.1 Å². The molecule has 1 heterocycles. The van der Waals surface area contributed by atoms with Gasteiger partial charge in [0.15, 0.2) is 9.84 Å². The maximum atomic E-state index is 13.5. The van der Waals surface area contributed by atoms with E-state index in [2.05, 4.69) is 9.97 Å². The fourth-order valence-corrected chi connectivity index (χ4v) is 6.98. The Bertz CT molecular complexity index is 1200. The van der Waals surface area contributed by atoms with Gasteiger partial charge in [0.1, 0.15) is 11.6 Å². The van der Waals surface area contributed by atoms with Crippen molar-refractivity contribution < 1.29 is 23.1 Å². The van der Waals surface area contributed by atoms with Gasteiger partial charge in [0.25, 0.3) is 0 Å². The van der Waals surface area contributed by atoms with Gasteiger partial charge in [-0.25, -0.2) is 8.42 Å². The summed E-state index contributed by atoms with van der Waals surface area (Å²) in [7, 11) is -3.32. The summed E-state index contributed by atoms with van der Waals surface area (Å²) in [5, 5.41) is 8.92. The lowest BCUT2D eigenvalue weighted by Gasteiger charge is -2.21. The van der Waals surface area contributed by atoms with Gasteiger partial charge in [0.2, 0.25) is 0 Å². The lowest BCUT2D eigenvalue weighted by molar-refractivity contribution is -0.121. The van der Waals surface area contributed by atoms with Gasteiger partial charge in [-0.1, -0.05) is 12.1 Å². The highest BCUT2D eigenvalue weighted by molar-refractivity contribution is 7.92. The van der Waals surface area contributed by atoms with Crippen LogP contribution in [0.25, 0.3) is 0 Å². The summed E-state index contributed by atoms with van der Waals surface area (Å²) in [4.78, 5) is 34.2. The topological polar surface area (TPSA) is 114 Å². The zero-order valence-electron chi connectivity index (χ0n) is 19.2. The molecule has 8 heteroatoms. The predicted molar refractivity (Wildman–Crippen MR) is 125 cm³/mol. The molecule has 0 saturated heterocycles. The summed E-state index contributed by atoms with van der Waals surface area (Å²) in [5.74, 6) is 0.203. The molecule has 0 unspecified atom stereocenters. The molecular formula is C26H30N2O5S. The van der Waals surface area contributed by atoms with Crippen LogP contribution in [-0.2, 0) is 32.5 Å². The number of hydrogen-bond donors (Lipinski definition) is 1. The van der Waals surface area contributed by atoms with Crippen LogP contribution in [0.4, 0.5) is 0 Å². The monoisotopic (exact) mass is 482 g/mol. The summed E-state index contributed by atoms with van der Waals surface area (Å²) in [6, 6.07) is 5.47. The first-order chi connectivity index (χ1) is 16.3. The Hall–Kier alpha value is -2.45. The van der Waals surface area contributed by atoms with Crippen molar-refractivity contribution in [3.8, 4) is 0 Å². The minimum atomic E-state index is -3.32. The van der Waals surface area contributed by atoms with Gasteiger partial charge < -0.3 is 5.11 Å². The number of hydrogen-bond acceptors (Lipinski definition) is 7. The van der Waals surface area contributed by atoms with E-state index in [0.717, 1.165) is 43.2 Å². The molecule has 3 fully saturated rings. The number of aliphatic hydroxyl groups is 1. The third kappa shape index (κ3) is 4.98. The van der Waals surface area contributed by atoms with Crippen molar-refractivity contribution in [3.63, 3.8) is 0 Å². The van der Waals surface area contributed by atoms with Gasteiger partial charge in [-0.2, -0.15) is 0 Å². The summed E-state index contributed by atoms with van der Waals surface area (Å²) >= 11 is 0. The van der Waals surface area contributed by atoms with E-state index in [9.17, 15) is 23.1 Å². The summed E-state index contributed by atoms with van der Waals surface area (Å²) in [6.45, 7) is -0.209. The standard InChI is InChI=1S/C26H30N2O5S/c29-15-20-14-27-19(13-28-20)12-25(31)23(10-16-1-5-21(30)9-16)18-4-8-26(24(11-18)17-2-3-17)34(32,33)22-6-7-22/h4,8,11,13-14,16-17,22-23,29H,1-3,5-7,9-10,12,15H2/t16-,23+/m0/s1. The number of Topliss-reactive ketones (excluding diaryl/α,β-unsaturated/α-hetero) is 2. The number of aromatic nitrogens is 2. The van der Waals surface area contributed by atoms with Crippen LogP contribution in [0.1, 0.15) is 85.7 Å². The maximum Gasteiger partial charge on any atom is 0.181 e. The van der Waals surface area contributed by atoms with Crippen LogP contribution in [0.15, 0.2) is 35.5 Å². The van der Waals surface area contributed by atoms with Crippen molar-refractivity contribution in [1.82, 2.24) is 9.97 Å². The number of benzene rings is 1. The lowest BCUT2D eigenvalue weighted by Crippen LogP contribution is -2.20. The molecule has 3 saturated carbocycles. The fourth-order valence-electron chi connectivity index (χ4n) is 5.05. The van der Waals surface area contributed by atoms with Crippen LogP contribution in [0.5, 0.6) is 0 Å². The smallest absolute Gasteiger partial charge is 0.181 e. The molecule has 7 nitrogen and oxygen atoms in total. The Labute approximate surface area is 199 Å². The lowest BCUT2D eigenvalue weighted by atomic mass is 9.83. The zero-order valence-corrected chi connectivity index (χ0v) is 20.0. The van der Waals surface area contributed by atoms with Crippen molar-refractivity contribution >= 4 is 21.4 Å². The Kier molecular flexibility index (Phi) is 6.37. The molecule has 180 valence electrons. The molecule has 2 aromatic rings. The highest BCUT2D eigenvalue weighted by Gasteiger charge is 2.41. The quantitative estimate of drug-likeness (QED) is 0.552. The maximum absolute atomic E-state index is 13.5. The van der Waals surface area contributed by atoms with Crippen LogP contribution < -0.4 is 0 Å². The van der Waals surface area contributed by atoms with Gasteiger partial charge in [-0.05, 0) is 67.6 Å². The average molecular weight is 483 g/mol. The van der Waals surface area contributed by atoms with E-state index in [0.29, 0.717) is 35.5 Å². The number of ketones is 2. The van der Waals surface area contributed by atoms with E-state index in [4.69, 9.17) is 0 Å². The van der Waals surface area contributed by atoms with Gasteiger partial charge >= 0.3 is 0 Å². The van der Waals surface area contributed by atoms with Gasteiger partial charge in [-0.15, -0.1) is 0 Å². The highest BCUT2D eigenvalue weighted by Crippen LogP contribution is 2.47. The van der Waals surface area contributed by atoms with E-state index in [-0.39, 0.29) is 41.7 Å². The van der Waals surface area contributed by atoms with Crippen molar-refractivity contribution in [2.45, 2.75) is 86.4 Å². The zero-order chi connectivity index (χ0) is 23.9. The van der Waals surface area contributed by atoms with E-state index < -0.39 is 15.8 Å². The minimum Gasteiger partial charge on any atom is -0.390 e. The van der Waals surface area contributed by atoms with E-state index in [1.165, 1.54) is 12.4 Å². The molecule has 3 aliphatic rings. The number of sulfone groups is 1.